The Morgan fingerprint density at radius 1 is 0.447 bits per heavy atom. The lowest BCUT2D eigenvalue weighted by atomic mass is 9.51. The summed E-state index contributed by atoms with van der Waals surface area (Å²) in [7, 11) is -10.3. The number of nitrogens with one attached hydrogen (secondary N) is 3. The molecule has 23 heteroatoms. The van der Waals surface area contributed by atoms with E-state index in [2.05, 4.69) is 16.0 Å². The zero-order chi connectivity index (χ0) is 73.2. The van der Waals surface area contributed by atoms with Crippen molar-refractivity contribution >= 4 is 53.2 Å². The fourth-order valence-corrected chi connectivity index (χ4v) is 25.2. The van der Waals surface area contributed by atoms with Crippen LogP contribution in [-0.4, -0.2) is 113 Å². The molecule has 6 bridgehead atoms. The molecule has 0 spiro atoms. The van der Waals surface area contributed by atoms with E-state index in [1.165, 1.54) is 24.3 Å². The number of hydrogen-bond acceptors (Lipinski definition) is 15. The molecule has 103 heavy (non-hydrogen) atoms. The molecule has 15 fully saturated rings. The summed E-state index contributed by atoms with van der Waals surface area (Å²) in [5.41, 5.74) is 5.35. The zero-order valence-corrected chi connectivity index (χ0v) is 62.9. The topological polar surface area (TPSA) is 281 Å². The van der Waals surface area contributed by atoms with Gasteiger partial charge in [-0.2, -0.15) is 0 Å². The van der Waals surface area contributed by atoms with Gasteiger partial charge in [-0.1, -0.05) is 0 Å². The number of carbonyl (C=O) groups is 4. The van der Waals surface area contributed by atoms with Crippen LogP contribution in [0.3, 0.4) is 0 Å². The van der Waals surface area contributed by atoms with E-state index in [9.17, 15) is 58.3 Å². The van der Waals surface area contributed by atoms with Crippen LogP contribution < -0.4 is 31.2 Å². The van der Waals surface area contributed by atoms with Crippen molar-refractivity contribution in [2.24, 2.45) is 56.0 Å². The minimum Gasteiger partial charge on any atom is -0.508 e. The average molecular weight is 1480 g/mol. The fourth-order valence-electron chi connectivity index (χ4n) is 19.3. The quantitative estimate of drug-likeness (QED) is 0.0423. The van der Waals surface area contributed by atoms with E-state index in [-0.39, 0.29) is 145 Å². The number of esters is 1. The molecule has 0 unspecified atom stereocenters. The van der Waals surface area contributed by atoms with Gasteiger partial charge in [0.2, 0.25) is 17.7 Å². The Balaban J connectivity index is 0.000000140. The number of rotatable bonds is 28. The Morgan fingerprint density at radius 2 is 0.728 bits per heavy atom. The second kappa shape index (κ2) is 28.3. The highest BCUT2D eigenvalue weighted by atomic mass is 32.2. The Morgan fingerprint density at radius 3 is 0.981 bits per heavy atom. The van der Waals surface area contributed by atoms with E-state index >= 15 is 0 Å². The zero-order valence-electron chi connectivity index (χ0n) is 60.5. The molecule has 0 aliphatic heterocycles. The molecule has 0 aromatic heterocycles. The van der Waals surface area contributed by atoms with Crippen molar-refractivity contribution in [3.63, 3.8) is 0 Å². The normalized spacial score (nSPS) is 29.9. The Hall–Kier alpha value is -5.91. The number of halogens is 2. The molecule has 3 aromatic rings. The Bertz CT molecular complexity index is 4020. The van der Waals surface area contributed by atoms with Gasteiger partial charge in [-0.25, -0.2) is 34.0 Å². The lowest BCUT2D eigenvalue weighted by molar-refractivity contribution is -0.154. The number of nitrogens with two attached hydrogens (primary N) is 1. The molecule has 0 atom stereocenters. The molecule has 15 aliphatic carbocycles. The van der Waals surface area contributed by atoms with Crippen LogP contribution in [0.15, 0.2) is 111 Å². The van der Waals surface area contributed by atoms with Crippen molar-refractivity contribution < 1.29 is 72.5 Å². The molecular formula is C80H108F2N4O14S3. The van der Waals surface area contributed by atoms with Gasteiger partial charge in [-0.15, -0.1) is 0 Å². The van der Waals surface area contributed by atoms with Gasteiger partial charge in [0.15, 0.2) is 29.5 Å². The number of ether oxygens (including phenoxy) is 3. The van der Waals surface area contributed by atoms with Crippen LogP contribution in [0.2, 0.25) is 0 Å². The first-order valence-electron chi connectivity index (χ1n) is 38.2. The molecule has 15 aliphatic rings. The average Bonchev–Trinajstić information content (AvgIpc) is 1.62. The summed E-state index contributed by atoms with van der Waals surface area (Å²) in [5.74, 6) is 2.50. The molecule has 0 saturated heterocycles. The van der Waals surface area contributed by atoms with Crippen molar-refractivity contribution in [2.45, 2.75) is 263 Å². The molecule has 6 N–H and O–H groups in total. The summed E-state index contributed by atoms with van der Waals surface area (Å²) in [6, 6.07) is 18.6. The maximum absolute atomic E-state index is 13.5. The summed E-state index contributed by atoms with van der Waals surface area (Å²) < 4.78 is 122. The number of fused-ring (bicyclic) bond motifs is 9. The number of sulfone groups is 3. The number of hydrogen-bond donors (Lipinski definition) is 5. The molecule has 0 radical (unpaired) electrons. The standard InChI is InChI=1S/C32H44FNO6S.C26H35FN2O4S.C22H29NO4S/c1-29(2,3)40-27(35)11-4-23(20-33)21-39-25-7-9-26(10-8-25)41(37,38)22-30-12-15-31(16-13-30,17-14-30)32(18-19-32)34-28(36)24-5-6-24;27-15-19(16-28)17-33-21-3-5-22(6-4-21)34(31,32)18-24-7-10-25(11-8-24,12-9-24)26(13-14-26)29-23(30)20-1-2-20;24-17-3-5-18(6-4-17)28(26,27)15-20-7-10-21(11-8-20,12-9-20)22(13-14-22)23-19(25)16-1-2-16/h7-10,20,24H,4-6,11-19,21-22H2,1-3H3,(H,34,36);3-6,15,20H,1-2,7-14,16-18,28H2,(H,29,30);3-6,16,24H,1-2,7-15H2,(H,23,25)/b23-20+;19-15+;. The first kappa shape index (κ1) is 75.3. The van der Waals surface area contributed by atoms with Crippen LogP contribution in [0.1, 0.15) is 226 Å². The monoisotopic (exact) mass is 1480 g/mol. The van der Waals surface area contributed by atoms with Crippen LogP contribution in [0.4, 0.5) is 8.78 Å². The van der Waals surface area contributed by atoms with Gasteiger partial charge in [0.25, 0.3) is 0 Å². The van der Waals surface area contributed by atoms with Gasteiger partial charge in [-0.05, 0) is 331 Å². The summed E-state index contributed by atoms with van der Waals surface area (Å²) >= 11 is 0. The number of phenolic OH excluding ortho intramolecular Hbond substituents is 1. The maximum Gasteiger partial charge on any atom is 0.306 e. The first-order valence-corrected chi connectivity index (χ1v) is 43.1. The first-order chi connectivity index (χ1) is 48.8. The molecule has 3 amide bonds. The van der Waals surface area contributed by atoms with Gasteiger partial charge in [-0.3, -0.25) is 19.2 Å². The van der Waals surface area contributed by atoms with Gasteiger partial charge < -0.3 is 41.0 Å². The van der Waals surface area contributed by atoms with E-state index in [0.717, 1.165) is 193 Å². The molecule has 18 rings (SSSR count). The third-order valence-electron chi connectivity index (χ3n) is 27.0. The van der Waals surface area contributed by atoms with E-state index in [1.807, 2.05) is 0 Å². The third-order valence-corrected chi connectivity index (χ3v) is 32.9. The molecule has 3 aromatic carbocycles. The highest BCUT2D eigenvalue weighted by Gasteiger charge is 2.68. The van der Waals surface area contributed by atoms with Gasteiger partial charge >= 0.3 is 5.97 Å². The summed E-state index contributed by atoms with van der Waals surface area (Å²) in [5, 5.41) is 19.7. The second-order valence-electron chi connectivity index (χ2n) is 35.0. The second-order valence-corrected chi connectivity index (χ2v) is 41.0. The van der Waals surface area contributed by atoms with E-state index in [4.69, 9.17) is 19.9 Å². The minimum absolute atomic E-state index is 0.00488. The van der Waals surface area contributed by atoms with Gasteiger partial charge in [0.05, 0.1) is 44.6 Å². The largest absolute Gasteiger partial charge is 0.508 e. The predicted octanol–water partition coefficient (Wildman–Crippen LogP) is 13.8. The molecule has 15 saturated carbocycles. The van der Waals surface area contributed by atoms with Crippen LogP contribution >= 0.6 is 0 Å². The van der Waals surface area contributed by atoms with Gasteiger partial charge in [0, 0.05) is 52.9 Å². The van der Waals surface area contributed by atoms with Crippen LogP contribution in [0.5, 0.6) is 17.2 Å². The fraction of sp³-hybridized carbons (Fsp3) is 0.675. The number of phenols is 1. The highest BCUT2D eigenvalue weighted by molar-refractivity contribution is 7.92. The van der Waals surface area contributed by atoms with Crippen molar-refractivity contribution in [3.8, 4) is 17.2 Å². The van der Waals surface area contributed by atoms with E-state index in [0.29, 0.717) is 45.1 Å². The number of carbonyl (C=O) groups excluding carboxylic acids is 4. The van der Waals surface area contributed by atoms with Crippen molar-refractivity contribution in [1.29, 1.82) is 0 Å². The summed E-state index contributed by atoms with van der Waals surface area (Å²) in [6.45, 7) is 5.40. The molecule has 564 valence electrons. The van der Waals surface area contributed by atoms with Crippen LogP contribution in [0, 0.1) is 50.2 Å². The van der Waals surface area contributed by atoms with E-state index < -0.39 is 41.1 Å². The smallest absolute Gasteiger partial charge is 0.306 e. The molecular weight excluding hydrogens is 1380 g/mol. The summed E-state index contributed by atoms with van der Waals surface area (Å²) in [4.78, 5) is 50.2. The highest BCUT2D eigenvalue weighted by Crippen LogP contribution is 2.70. The Labute approximate surface area is 608 Å². The lowest BCUT2D eigenvalue weighted by Gasteiger charge is -2.57. The summed E-state index contributed by atoms with van der Waals surface area (Å²) in [6.07, 6.45) is 30.9. The van der Waals surface area contributed by atoms with Crippen molar-refractivity contribution in [3.05, 3.63) is 96.6 Å². The van der Waals surface area contributed by atoms with E-state index in [1.54, 1.807) is 69.3 Å². The number of aromatic hydroxyl groups is 1. The lowest BCUT2D eigenvalue weighted by Crippen LogP contribution is -2.57. The number of amides is 3. The molecule has 0 heterocycles. The van der Waals surface area contributed by atoms with Gasteiger partial charge in [0.1, 0.15) is 36.1 Å². The minimum atomic E-state index is -3.50. The maximum atomic E-state index is 13.5. The van der Waals surface area contributed by atoms with Crippen LogP contribution in [0.25, 0.3) is 0 Å². The molecule has 18 nitrogen and oxygen atoms in total. The number of benzene rings is 3. The van der Waals surface area contributed by atoms with Crippen molar-refractivity contribution in [2.75, 3.05) is 37.0 Å². The van der Waals surface area contributed by atoms with Crippen LogP contribution in [-0.2, 0) is 53.4 Å². The SMILES string of the molecule is CC(C)(C)OC(=O)CC/C(=C\F)COc1ccc(S(=O)(=O)CC23CCC(C4(NC(=O)C5CC5)CC4)(CC2)CC3)cc1.NC/C(=C\F)COc1ccc(S(=O)(=O)CC23CCC(C4(NC(=O)C5CC5)CC4)(CC2)CC3)cc1.O=C(NC1(C23CCC(CS(=O)(=O)c4ccc(O)cc4)(CC2)CC3)CC1)C1CC1. The Kier molecular flexibility index (Phi) is 20.7. The van der Waals surface area contributed by atoms with Crippen molar-refractivity contribution in [1.82, 2.24) is 16.0 Å². The third kappa shape index (κ3) is 16.5. The predicted molar refractivity (Wildman–Crippen MR) is 387 cm³/mol.